The third-order valence-corrected chi connectivity index (χ3v) is 4.72. The van der Waals surface area contributed by atoms with Crippen LogP contribution in [-0.4, -0.2) is 51.4 Å². The van der Waals surface area contributed by atoms with Crippen LogP contribution in [-0.2, 0) is 9.59 Å². The Hall–Kier alpha value is -1.53. The number of carboxylic acid groups (broad SMARTS) is 1. The minimum atomic E-state index is -1.06. The van der Waals surface area contributed by atoms with E-state index in [2.05, 4.69) is 0 Å². The number of aliphatic hydroxyl groups is 1. The molecule has 1 saturated heterocycles. The maximum absolute atomic E-state index is 12.2. The first-order valence-electron chi connectivity index (χ1n) is 6.79. The van der Waals surface area contributed by atoms with E-state index in [-0.39, 0.29) is 24.6 Å². The molecule has 2 rings (SSSR count). The number of carboxylic acids is 1. The molecule has 6 heteroatoms. The topological polar surface area (TPSA) is 77.8 Å². The van der Waals surface area contributed by atoms with E-state index in [1.807, 2.05) is 32.0 Å². The van der Waals surface area contributed by atoms with Gasteiger partial charge in [-0.2, -0.15) is 0 Å². The first-order chi connectivity index (χ1) is 9.88. The largest absolute Gasteiger partial charge is 0.480 e. The molecule has 1 aromatic rings. The highest BCUT2D eigenvalue weighted by atomic mass is 32.2. The van der Waals surface area contributed by atoms with Gasteiger partial charge in [-0.05, 0) is 25.5 Å². The SMILES string of the molecule is Cc1ccc(C)c(SCC(=O)N2CC(O)C[C@H]2C(=O)O)c1. The third-order valence-electron chi connectivity index (χ3n) is 3.58. The summed E-state index contributed by atoms with van der Waals surface area (Å²) in [5.41, 5.74) is 2.21. The van der Waals surface area contributed by atoms with Gasteiger partial charge in [0.2, 0.25) is 5.91 Å². The highest BCUT2D eigenvalue weighted by Gasteiger charge is 2.38. The summed E-state index contributed by atoms with van der Waals surface area (Å²) in [5.74, 6) is -1.12. The molecule has 114 valence electrons. The van der Waals surface area contributed by atoms with Crippen molar-refractivity contribution >= 4 is 23.6 Å². The number of nitrogens with zero attached hydrogens (tertiary/aromatic N) is 1. The summed E-state index contributed by atoms with van der Waals surface area (Å²) in [6.07, 6.45) is -0.643. The Morgan fingerprint density at radius 3 is 2.76 bits per heavy atom. The van der Waals surface area contributed by atoms with E-state index in [1.165, 1.54) is 16.7 Å². The van der Waals surface area contributed by atoms with Gasteiger partial charge in [0.1, 0.15) is 6.04 Å². The number of benzene rings is 1. The lowest BCUT2D eigenvalue weighted by molar-refractivity contribution is -0.147. The third kappa shape index (κ3) is 3.77. The minimum Gasteiger partial charge on any atom is -0.480 e. The Labute approximate surface area is 128 Å². The summed E-state index contributed by atoms with van der Waals surface area (Å²) in [5, 5.41) is 18.7. The number of amides is 1. The molecule has 1 amide bonds. The summed E-state index contributed by atoms with van der Waals surface area (Å²) < 4.78 is 0. The van der Waals surface area contributed by atoms with Crippen LogP contribution in [0.3, 0.4) is 0 Å². The van der Waals surface area contributed by atoms with Crippen molar-refractivity contribution in [1.82, 2.24) is 4.90 Å². The maximum atomic E-state index is 12.2. The van der Waals surface area contributed by atoms with E-state index >= 15 is 0 Å². The van der Waals surface area contributed by atoms with Crippen LogP contribution in [0.4, 0.5) is 0 Å². The number of rotatable bonds is 4. The molecule has 0 aliphatic carbocycles. The number of hydrogen-bond acceptors (Lipinski definition) is 4. The summed E-state index contributed by atoms with van der Waals surface area (Å²) in [6.45, 7) is 4.07. The molecule has 1 unspecified atom stereocenters. The molecule has 21 heavy (non-hydrogen) atoms. The van der Waals surface area contributed by atoms with Gasteiger partial charge in [0.05, 0.1) is 11.9 Å². The highest BCUT2D eigenvalue weighted by Crippen LogP contribution is 2.25. The monoisotopic (exact) mass is 309 g/mol. The minimum absolute atomic E-state index is 0.100. The molecule has 0 aromatic heterocycles. The van der Waals surface area contributed by atoms with Crippen LogP contribution in [0.25, 0.3) is 0 Å². The van der Waals surface area contributed by atoms with Gasteiger partial charge in [0.15, 0.2) is 0 Å². The zero-order chi connectivity index (χ0) is 15.6. The zero-order valence-corrected chi connectivity index (χ0v) is 12.9. The average Bonchev–Trinajstić information content (AvgIpc) is 2.82. The van der Waals surface area contributed by atoms with Crippen molar-refractivity contribution in [3.05, 3.63) is 29.3 Å². The van der Waals surface area contributed by atoms with Crippen LogP contribution in [0.2, 0.25) is 0 Å². The van der Waals surface area contributed by atoms with Crippen LogP contribution >= 0.6 is 11.8 Å². The molecule has 0 spiro atoms. The second-order valence-electron chi connectivity index (χ2n) is 5.35. The first kappa shape index (κ1) is 15.9. The predicted molar refractivity (Wildman–Crippen MR) is 80.4 cm³/mol. The van der Waals surface area contributed by atoms with Gasteiger partial charge >= 0.3 is 5.97 Å². The number of carbonyl (C=O) groups is 2. The predicted octanol–water partition coefficient (Wildman–Crippen LogP) is 1.44. The lowest BCUT2D eigenvalue weighted by Crippen LogP contribution is -2.41. The Morgan fingerprint density at radius 1 is 1.38 bits per heavy atom. The fourth-order valence-corrected chi connectivity index (χ4v) is 3.42. The van der Waals surface area contributed by atoms with E-state index in [9.17, 15) is 14.7 Å². The summed E-state index contributed by atoms with van der Waals surface area (Å²) >= 11 is 1.41. The number of aliphatic carboxylic acids is 1. The molecule has 1 aliphatic rings. The number of likely N-dealkylation sites (tertiary alicyclic amines) is 1. The van der Waals surface area contributed by atoms with Crippen molar-refractivity contribution in [3.8, 4) is 0 Å². The lowest BCUT2D eigenvalue weighted by Gasteiger charge is -2.21. The molecule has 2 atom stereocenters. The molecule has 1 aliphatic heterocycles. The van der Waals surface area contributed by atoms with Gasteiger partial charge in [-0.25, -0.2) is 4.79 Å². The number of β-amino-alcohol motifs (C(OH)–C–C–N with tert-alkyl or cyclic N) is 1. The van der Waals surface area contributed by atoms with Crippen LogP contribution in [0.15, 0.2) is 23.1 Å². The Bertz CT molecular complexity index is 561. The molecule has 1 fully saturated rings. The number of thioether (sulfide) groups is 1. The summed E-state index contributed by atoms with van der Waals surface area (Å²) in [7, 11) is 0. The van der Waals surface area contributed by atoms with Crippen molar-refractivity contribution in [3.63, 3.8) is 0 Å². The standard InChI is InChI=1S/C15H19NO4S/c1-9-3-4-10(2)13(5-9)21-8-14(18)16-7-11(17)6-12(16)15(19)20/h3-5,11-12,17H,6-8H2,1-2H3,(H,19,20)/t11?,12-/m0/s1. The molecule has 0 saturated carbocycles. The molecular formula is C15H19NO4S. The van der Waals surface area contributed by atoms with Crippen LogP contribution in [0.1, 0.15) is 17.5 Å². The van der Waals surface area contributed by atoms with Gasteiger partial charge in [0.25, 0.3) is 0 Å². The van der Waals surface area contributed by atoms with Crippen molar-refractivity contribution in [1.29, 1.82) is 0 Å². The van der Waals surface area contributed by atoms with Crippen LogP contribution < -0.4 is 0 Å². The Kier molecular flexibility index (Phi) is 4.90. The van der Waals surface area contributed by atoms with E-state index in [1.54, 1.807) is 0 Å². The zero-order valence-electron chi connectivity index (χ0n) is 12.1. The van der Waals surface area contributed by atoms with Crippen LogP contribution in [0, 0.1) is 13.8 Å². The lowest BCUT2D eigenvalue weighted by atomic mass is 10.2. The van der Waals surface area contributed by atoms with Gasteiger partial charge < -0.3 is 15.1 Å². The molecule has 0 bridgehead atoms. The maximum Gasteiger partial charge on any atom is 0.326 e. The average molecular weight is 309 g/mol. The second kappa shape index (κ2) is 6.49. The molecule has 2 N–H and O–H groups in total. The normalized spacial score (nSPS) is 21.6. The van der Waals surface area contributed by atoms with E-state index in [0.29, 0.717) is 0 Å². The quantitative estimate of drug-likeness (QED) is 0.823. The first-order valence-corrected chi connectivity index (χ1v) is 7.77. The van der Waals surface area contributed by atoms with Crippen molar-refractivity contribution in [2.75, 3.05) is 12.3 Å². The van der Waals surface area contributed by atoms with E-state index in [4.69, 9.17) is 5.11 Å². The van der Waals surface area contributed by atoms with Gasteiger partial charge in [-0.1, -0.05) is 17.7 Å². The molecular weight excluding hydrogens is 290 g/mol. The van der Waals surface area contributed by atoms with E-state index in [0.717, 1.165) is 16.0 Å². The summed E-state index contributed by atoms with van der Waals surface area (Å²) in [4.78, 5) is 25.6. The number of aliphatic hydroxyl groups excluding tert-OH is 1. The number of carbonyl (C=O) groups excluding carboxylic acids is 1. The fourth-order valence-electron chi connectivity index (χ4n) is 2.41. The van der Waals surface area contributed by atoms with Crippen molar-refractivity contribution in [2.24, 2.45) is 0 Å². The smallest absolute Gasteiger partial charge is 0.326 e. The second-order valence-corrected chi connectivity index (χ2v) is 6.36. The van der Waals surface area contributed by atoms with Crippen molar-refractivity contribution in [2.45, 2.75) is 37.3 Å². The molecule has 1 aromatic carbocycles. The van der Waals surface area contributed by atoms with E-state index < -0.39 is 18.1 Å². The Balaban J connectivity index is 2.01. The fraction of sp³-hybridized carbons (Fsp3) is 0.467. The Morgan fingerprint density at radius 2 is 2.10 bits per heavy atom. The van der Waals surface area contributed by atoms with Gasteiger partial charge in [0, 0.05) is 17.9 Å². The van der Waals surface area contributed by atoms with Gasteiger partial charge in [-0.3, -0.25) is 4.79 Å². The van der Waals surface area contributed by atoms with Gasteiger partial charge in [-0.15, -0.1) is 11.8 Å². The van der Waals surface area contributed by atoms with Crippen LogP contribution in [0.5, 0.6) is 0 Å². The molecule has 1 heterocycles. The summed E-state index contributed by atoms with van der Waals surface area (Å²) in [6, 6.07) is 5.12. The molecule has 0 radical (unpaired) electrons. The molecule has 5 nitrogen and oxygen atoms in total. The number of hydrogen-bond donors (Lipinski definition) is 2. The highest BCUT2D eigenvalue weighted by molar-refractivity contribution is 8.00. The number of aryl methyl sites for hydroxylation is 2. The van der Waals surface area contributed by atoms with Crippen molar-refractivity contribution < 1.29 is 19.8 Å².